The minimum Gasteiger partial charge on any atom is -0.387 e. The third-order valence-corrected chi connectivity index (χ3v) is 3.68. The summed E-state index contributed by atoms with van der Waals surface area (Å²) in [5.74, 6) is -0.667. The molecule has 0 spiro atoms. The minimum atomic E-state index is -0.514. The van der Waals surface area contributed by atoms with Crippen molar-refractivity contribution in [1.82, 2.24) is 25.1 Å². The van der Waals surface area contributed by atoms with Crippen LogP contribution in [0.2, 0.25) is 0 Å². The van der Waals surface area contributed by atoms with Gasteiger partial charge in [-0.2, -0.15) is 4.80 Å². The quantitative estimate of drug-likeness (QED) is 0.887. The maximum atomic E-state index is 14.3. The van der Waals surface area contributed by atoms with E-state index in [9.17, 15) is 9.18 Å². The van der Waals surface area contributed by atoms with Gasteiger partial charge in [0.1, 0.15) is 19.0 Å². The molecule has 1 radical (unpaired) electrons. The molecule has 0 saturated heterocycles. The SMILES string of the molecule is O=C(CO)N1CC=C(c2c(F)cccc2[CH]n2ncnn2)CC1. The first-order chi connectivity index (χ1) is 11.2. The van der Waals surface area contributed by atoms with E-state index in [0.29, 0.717) is 30.6 Å². The Bertz CT molecular complexity index is 729. The monoisotopic (exact) mass is 316 g/mol. The van der Waals surface area contributed by atoms with E-state index in [1.165, 1.54) is 22.1 Å². The number of nitrogens with zero attached hydrogens (tertiary/aromatic N) is 5. The standard InChI is InChI=1S/C15H15FN5O2/c16-13-3-1-2-12(8-21-18-10-17-19-21)15(13)11-4-6-20(7-5-11)14(23)9-22/h1-4,8,10,22H,5-7,9H2. The summed E-state index contributed by atoms with van der Waals surface area (Å²) >= 11 is 0. The summed E-state index contributed by atoms with van der Waals surface area (Å²) in [6.45, 7) is 1.88. The second kappa shape index (κ2) is 6.66. The van der Waals surface area contributed by atoms with Gasteiger partial charge in [0, 0.05) is 18.7 Å². The molecule has 0 atom stereocenters. The average molecular weight is 316 g/mol. The van der Waals surface area contributed by atoms with Gasteiger partial charge in [-0.25, -0.2) is 4.39 Å². The van der Waals surface area contributed by atoms with Crippen molar-refractivity contribution < 1.29 is 14.3 Å². The molecule has 0 fully saturated rings. The third-order valence-electron chi connectivity index (χ3n) is 3.68. The molecule has 1 N–H and O–H groups in total. The molecule has 3 rings (SSSR count). The Hall–Kier alpha value is -2.61. The summed E-state index contributed by atoms with van der Waals surface area (Å²) < 4.78 is 14.3. The van der Waals surface area contributed by atoms with E-state index in [1.54, 1.807) is 18.7 Å². The molecule has 8 heteroatoms. The maximum Gasteiger partial charge on any atom is 0.248 e. The molecule has 0 unspecified atom stereocenters. The van der Waals surface area contributed by atoms with Gasteiger partial charge in [-0.1, -0.05) is 18.2 Å². The van der Waals surface area contributed by atoms with E-state index in [1.807, 2.05) is 6.08 Å². The fraction of sp³-hybridized carbons (Fsp3) is 0.267. The number of carbonyl (C=O) groups excluding carboxylic acids is 1. The largest absolute Gasteiger partial charge is 0.387 e. The molecular formula is C15H15FN5O2. The molecule has 1 aromatic carbocycles. The Morgan fingerprint density at radius 1 is 1.43 bits per heavy atom. The molecule has 2 aromatic rings. The Kier molecular flexibility index (Phi) is 4.42. The molecule has 0 aliphatic carbocycles. The van der Waals surface area contributed by atoms with Crippen LogP contribution in [0.25, 0.3) is 5.57 Å². The number of aliphatic hydroxyl groups is 1. The molecule has 23 heavy (non-hydrogen) atoms. The summed E-state index contributed by atoms with van der Waals surface area (Å²) in [5, 5.41) is 20.2. The lowest BCUT2D eigenvalue weighted by atomic mass is 9.94. The van der Waals surface area contributed by atoms with Crippen LogP contribution in [-0.4, -0.2) is 55.8 Å². The van der Waals surface area contributed by atoms with Crippen LogP contribution in [-0.2, 0) is 4.79 Å². The summed E-state index contributed by atoms with van der Waals surface area (Å²) in [6, 6.07) is 4.79. The van der Waals surface area contributed by atoms with E-state index < -0.39 is 6.61 Å². The lowest BCUT2D eigenvalue weighted by molar-refractivity contribution is -0.133. The predicted octanol–water partition coefficient (Wildman–Crippen LogP) is 0.478. The van der Waals surface area contributed by atoms with Crippen molar-refractivity contribution in [3.05, 3.63) is 54.1 Å². The van der Waals surface area contributed by atoms with E-state index in [-0.39, 0.29) is 11.7 Å². The number of hydrogen-bond acceptors (Lipinski definition) is 5. The second-order valence-corrected chi connectivity index (χ2v) is 5.07. The highest BCUT2D eigenvalue weighted by atomic mass is 19.1. The van der Waals surface area contributed by atoms with Crippen molar-refractivity contribution in [2.75, 3.05) is 19.7 Å². The van der Waals surface area contributed by atoms with Crippen molar-refractivity contribution in [3.63, 3.8) is 0 Å². The maximum absolute atomic E-state index is 14.3. The highest BCUT2D eigenvalue weighted by Gasteiger charge is 2.21. The van der Waals surface area contributed by atoms with Crippen LogP contribution < -0.4 is 0 Å². The number of carbonyl (C=O) groups is 1. The lowest BCUT2D eigenvalue weighted by Gasteiger charge is -2.27. The first kappa shape index (κ1) is 15.3. The van der Waals surface area contributed by atoms with Gasteiger partial charge in [-0.3, -0.25) is 4.79 Å². The van der Waals surface area contributed by atoms with E-state index in [2.05, 4.69) is 15.4 Å². The van der Waals surface area contributed by atoms with Crippen LogP contribution in [0.1, 0.15) is 17.5 Å². The Balaban J connectivity index is 1.88. The molecule has 1 aliphatic heterocycles. The predicted molar refractivity (Wildman–Crippen MR) is 79.3 cm³/mol. The first-order valence-corrected chi connectivity index (χ1v) is 7.13. The number of hydrogen-bond donors (Lipinski definition) is 1. The minimum absolute atomic E-state index is 0.326. The van der Waals surface area contributed by atoms with Crippen molar-refractivity contribution in [2.45, 2.75) is 6.42 Å². The number of benzene rings is 1. The van der Waals surface area contributed by atoms with Crippen LogP contribution in [0.3, 0.4) is 0 Å². The van der Waals surface area contributed by atoms with Gasteiger partial charge in [-0.15, -0.1) is 10.2 Å². The van der Waals surface area contributed by atoms with Gasteiger partial charge in [0.2, 0.25) is 5.91 Å². The van der Waals surface area contributed by atoms with E-state index in [4.69, 9.17) is 5.11 Å². The Morgan fingerprint density at radius 3 is 2.96 bits per heavy atom. The highest BCUT2D eigenvalue weighted by molar-refractivity contribution is 5.79. The van der Waals surface area contributed by atoms with Crippen LogP contribution in [0.15, 0.2) is 30.6 Å². The topological polar surface area (TPSA) is 84.1 Å². The molecule has 0 saturated carbocycles. The smallest absolute Gasteiger partial charge is 0.248 e. The Morgan fingerprint density at radius 2 is 2.30 bits per heavy atom. The van der Waals surface area contributed by atoms with Crippen LogP contribution in [0.5, 0.6) is 0 Å². The zero-order chi connectivity index (χ0) is 16.2. The van der Waals surface area contributed by atoms with Gasteiger partial charge in [-0.05, 0) is 28.8 Å². The molecule has 0 bridgehead atoms. The normalized spacial score (nSPS) is 14.7. The van der Waals surface area contributed by atoms with Crippen molar-refractivity contribution in [2.24, 2.45) is 0 Å². The van der Waals surface area contributed by atoms with Gasteiger partial charge in [0.15, 0.2) is 6.33 Å². The summed E-state index contributed by atoms with van der Waals surface area (Å²) in [6.07, 6.45) is 3.62. The summed E-state index contributed by atoms with van der Waals surface area (Å²) in [7, 11) is 0. The zero-order valence-electron chi connectivity index (χ0n) is 12.3. The molecule has 7 nitrogen and oxygen atoms in total. The van der Waals surface area contributed by atoms with Crippen LogP contribution in [0.4, 0.5) is 4.39 Å². The van der Waals surface area contributed by atoms with Gasteiger partial charge in [0.05, 0.1) is 0 Å². The van der Waals surface area contributed by atoms with Crippen LogP contribution >= 0.6 is 0 Å². The molecular weight excluding hydrogens is 301 g/mol. The second-order valence-electron chi connectivity index (χ2n) is 5.07. The van der Waals surface area contributed by atoms with Gasteiger partial charge < -0.3 is 10.0 Å². The number of rotatable bonds is 4. The average Bonchev–Trinajstić information content (AvgIpc) is 3.08. The van der Waals surface area contributed by atoms with Crippen molar-refractivity contribution in [1.29, 1.82) is 0 Å². The highest BCUT2D eigenvalue weighted by Crippen LogP contribution is 2.29. The van der Waals surface area contributed by atoms with Crippen molar-refractivity contribution >= 4 is 11.5 Å². The van der Waals surface area contributed by atoms with Crippen LogP contribution in [0, 0.1) is 12.4 Å². The number of aliphatic hydroxyl groups excluding tert-OH is 1. The fourth-order valence-corrected chi connectivity index (χ4v) is 2.57. The molecule has 1 aromatic heterocycles. The fourth-order valence-electron chi connectivity index (χ4n) is 2.57. The molecule has 2 heterocycles. The number of tetrazole rings is 1. The van der Waals surface area contributed by atoms with E-state index >= 15 is 0 Å². The number of aromatic nitrogens is 4. The molecule has 1 amide bonds. The van der Waals surface area contributed by atoms with Crippen molar-refractivity contribution in [3.8, 4) is 0 Å². The van der Waals surface area contributed by atoms with E-state index in [0.717, 1.165) is 5.57 Å². The molecule has 119 valence electrons. The van der Waals surface area contributed by atoms with Gasteiger partial charge in [0.25, 0.3) is 0 Å². The summed E-state index contributed by atoms with van der Waals surface area (Å²) in [4.78, 5) is 14.3. The lowest BCUT2D eigenvalue weighted by Crippen LogP contribution is -2.36. The number of halogens is 1. The zero-order valence-corrected chi connectivity index (χ0v) is 12.3. The third kappa shape index (κ3) is 3.26. The summed E-state index contributed by atoms with van der Waals surface area (Å²) in [5.41, 5.74) is 1.92. The Labute approximate surface area is 132 Å². The number of amides is 1. The first-order valence-electron chi connectivity index (χ1n) is 7.13. The molecule has 1 aliphatic rings. The van der Waals surface area contributed by atoms with Gasteiger partial charge >= 0.3 is 0 Å².